The molecule has 0 aliphatic carbocycles. The highest BCUT2D eigenvalue weighted by molar-refractivity contribution is 7.97. The molecule has 17 heavy (non-hydrogen) atoms. The summed E-state index contributed by atoms with van der Waals surface area (Å²) in [5, 5.41) is 0. The molecule has 2 aromatic rings. The summed E-state index contributed by atoms with van der Waals surface area (Å²) >= 11 is 1.69. The zero-order valence-electron chi connectivity index (χ0n) is 9.97. The molecule has 1 heterocycles. The highest BCUT2D eigenvalue weighted by atomic mass is 32.2. The van der Waals surface area contributed by atoms with Crippen molar-refractivity contribution in [3.05, 3.63) is 41.7 Å². The van der Waals surface area contributed by atoms with Crippen molar-refractivity contribution in [2.75, 3.05) is 12.0 Å². The topological polar surface area (TPSA) is 51.8 Å². The minimum Gasteiger partial charge on any atom is -0.383 e. The molecule has 0 bridgehead atoms. The molecule has 88 valence electrons. The maximum Gasteiger partial charge on any atom is 0.141 e. The van der Waals surface area contributed by atoms with E-state index in [4.69, 9.17) is 5.73 Å². The third-order valence-corrected chi connectivity index (χ3v) is 3.10. The highest BCUT2D eigenvalue weighted by Gasteiger charge is 2.09. The zero-order valence-corrected chi connectivity index (χ0v) is 10.8. The van der Waals surface area contributed by atoms with Crippen LogP contribution in [0.5, 0.6) is 0 Å². The van der Waals surface area contributed by atoms with Crippen LogP contribution < -0.4 is 5.73 Å². The molecule has 0 aliphatic rings. The minimum atomic E-state index is 0.572. The van der Waals surface area contributed by atoms with Crippen LogP contribution in [0.15, 0.2) is 30.3 Å². The number of nitrogens with two attached hydrogens (primary N) is 1. The van der Waals surface area contributed by atoms with E-state index in [-0.39, 0.29) is 0 Å². The molecule has 0 saturated carbocycles. The first kappa shape index (κ1) is 11.9. The second kappa shape index (κ2) is 5.19. The molecular formula is C13H15N3S. The van der Waals surface area contributed by atoms with Crippen LogP contribution in [-0.2, 0) is 5.75 Å². The van der Waals surface area contributed by atoms with Crippen molar-refractivity contribution in [2.45, 2.75) is 12.7 Å². The fourth-order valence-electron chi connectivity index (χ4n) is 1.65. The molecule has 0 saturated heterocycles. The summed E-state index contributed by atoms with van der Waals surface area (Å²) in [6.07, 6.45) is 2.03. The summed E-state index contributed by atoms with van der Waals surface area (Å²) in [4.78, 5) is 8.88. The van der Waals surface area contributed by atoms with Crippen LogP contribution in [0.3, 0.4) is 0 Å². The Morgan fingerprint density at radius 1 is 1.18 bits per heavy atom. The highest BCUT2D eigenvalue weighted by Crippen LogP contribution is 2.24. The predicted molar refractivity (Wildman–Crippen MR) is 73.8 cm³/mol. The number of rotatable bonds is 3. The number of nitrogen functional groups attached to an aromatic ring is 1. The molecule has 4 heteroatoms. The Bertz CT molecular complexity index is 512. The molecule has 2 rings (SSSR count). The summed E-state index contributed by atoms with van der Waals surface area (Å²) in [5.41, 5.74) is 8.89. The van der Waals surface area contributed by atoms with Gasteiger partial charge >= 0.3 is 0 Å². The van der Waals surface area contributed by atoms with Gasteiger partial charge in [0.2, 0.25) is 0 Å². The largest absolute Gasteiger partial charge is 0.383 e. The Hall–Kier alpha value is -1.55. The quantitative estimate of drug-likeness (QED) is 0.903. The maximum atomic E-state index is 5.93. The van der Waals surface area contributed by atoms with Gasteiger partial charge in [0.05, 0.1) is 11.4 Å². The summed E-state index contributed by atoms with van der Waals surface area (Å²) < 4.78 is 0. The third-order valence-electron chi connectivity index (χ3n) is 2.55. The molecule has 0 fully saturated rings. The molecule has 0 radical (unpaired) electrons. The molecule has 0 atom stereocenters. The number of benzene rings is 1. The van der Waals surface area contributed by atoms with Gasteiger partial charge in [0.1, 0.15) is 11.6 Å². The standard InChI is InChI=1S/C13H15N3S/c1-9-12(10-6-4-3-5-7-10)15-11(8-17-2)16-13(9)14/h3-7H,8H2,1-2H3,(H2,14,15,16). The van der Waals surface area contributed by atoms with Crippen LogP contribution in [0.25, 0.3) is 11.3 Å². The van der Waals surface area contributed by atoms with Gasteiger partial charge in [0.25, 0.3) is 0 Å². The van der Waals surface area contributed by atoms with Gasteiger partial charge in [0, 0.05) is 11.1 Å². The monoisotopic (exact) mass is 245 g/mol. The number of hydrogen-bond donors (Lipinski definition) is 1. The van der Waals surface area contributed by atoms with Crippen LogP contribution in [0.4, 0.5) is 5.82 Å². The van der Waals surface area contributed by atoms with Crippen molar-refractivity contribution in [3.63, 3.8) is 0 Å². The summed E-state index contributed by atoms with van der Waals surface area (Å²) in [6.45, 7) is 1.96. The van der Waals surface area contributed by atoms with E-state index in [0.717, 1.165) is 28.4 Å². The molecule has 0 amide bonds. The lowest BCUT2D eigenvalue weighted by Gasteiger charge is -2.09. The van der Waals surface area contributed by atoms with Crippen molar-refractivity contribution in [3.8, 4) is 11.3 Å². The number of nitrogens with zero attached hydrogens (tertiary/aromatic N) is 2. The van der Waals surface area contributed by atoms with Crippen LogP contribution in [0.2, 0.25) is 0 Å². The van der Waals surface area contributed by atoms with Gasteiger partial charge in [-0.25, -0.2) is 9.97 Å². The first-order chi connectivity index (χ1) is 8.22. The number of hydrogen-bond acceptors (Lipinski definition) is 4. The molecule has 0 aliphatic heterocycles. The van der Waals surface area contributed by atoms with Gasteiger partial charge in [-0.2, -0.15) is 11.8 Å². The van der Waals surface area contributed by atoms with Crippen molar-refractivity contribution in [1.29, 1.82) is 0 Å². The molecule has 1 aromatic carbocycles. The van der Waals surface area contributed by atoms with Crippen LogP contribution in [0, 0.1) is 6.92 Å². The normalized spacial score (nSPS) is 10.5. The van der Waals surface area contributed by atoms with Crippen LogP contribution >= 0.6 is 11.8 Å². The molecule has 1 aromatic heterocycles. The molecule has 3 nitrogen and oxygen atoms in total. The molecule has 2 N–H and O–H groups in total. The van der Waals surface area contributed by atoms with Crippen LogP contribution in [-0.4, -0.2) is 16.2 Å². The summed E-state index contributed by atoms with van der Waals surface area (Å²) in [7, 11) is 0. The van der Waals surface area contributed by atoms with Gasteiger partial charge < -0.3 is 5.73 Å². The van der Waals surface area contributed by atoms with E-state index >= 15 is 0 Å². The zero-order chi connectivity index (χ0) is 12.3. The van der Waals surface area contributed by atoms with E-state index in [1.54, 1.807) is 11.8 Å². The average molecular weight is 245 g/mol. The second-order valence-electron chi connectivity index (χ2n) is 3.80. The Morgan fingerprint density at radius 2 is 1.88 bits per heavy atom. The van der Waals surface area contributed by atoms with E-state index < -0.39 is 0 Å². The lowest BCUT2D eigenvalue weighted by molar-refractivity contribution is 1.03. The Labute approximate surface area is 105 Å². The lowest BCUT2D eigenvalue weighted by Crippen LogP contribution is -2.04. The predicted octanol–water partition coefficient (Wildman–Crippen LogP) is 2.90. The smallest absolute Gasteiger partial charge is 0.141 e. The second-order valence-corrected chi connectivity index (χ2v) is 4.66. The molecule has 0 unspecified atom stereocenters. The van der Waals surface area contributed by atoms with Crippen molar-refractivity contribution in [2.24, 2.45) is 0 Å². The number of aromatic nitrogens is 2. The van der Waals surface area contributed by atoms with E-state index in [0.29, 0.717) is 5.82 Å². The maximum absolute atomic E-state index is 5.93. The number of thioether (sulfide) groups is 1. The van der Waals surface area contributed by atoms with Gasteiger partial charge in [-0.3, -0.25) is 0 Å². The minimum absolute atomic E-state index is 0.572. The lowest BCUT2D eigenvalue weighted by atomic mass is 10.1. The van der Waals surface area contributed by atoms with E-state index in [9.17, 15) is 0 Å². The van der Waals surface area contributed by atoms with Gasteiger partial charge in [-0.05, 0) is 13.2 Å². The SMILES string of the molecule is CSCc1nc(N)c(C)c(-c2ccccc2)n1. The number of anilines is 1. The summed E-state index contributed by atoms with van der Waals surface area (Å²) in [6, 6.07) is 10.1. The fourth-order valence-corrected chi connectivity index (χ4v) is 2.04. The Balaban J connectivity index is 2.53. The van der Waals surface area contributed by atoms with Crippen molar-refractivity contribution in [1.82, 2.24) is 9.97 Å². The van der Waals surface area contributed by atoms with Crippen LogP contribution in [0.1, 0.15) is 11.4 Å². The van der Waals surface area contributed by atoms with Gasteiger partial charge in [-0.15, -0.1) is 0 Å². The van der Waals surface area contributed by atoms with E-state index in [2.05, 4.69) is 9.97 Å². The fraction of sp³-hybridized carbons (Fsp3) is 0.231. The third kappa shape index (κ3) is 2.58. The Kier molecular flexibility index (Phi) is 3.64. The van der Waals surface area contributed by atoms with E-state index in [1.165, 1.54) is 0 Å². The molecular weight excluding hydrogens is 230 g/mol. The van der Waals surface area contributed by atoms with Gasteiger partial charge in [0.15, 0.2) is 0 Å². The average Bonchev–Trinajstić information content (AvgIpc) is 2.35. The van der Waals surface area contributed by atoms with Gasteiger partial charge in [-0.1, -0.05) is 30.3 Å². The Morgan fingerprint density at radius 3 is 2.53 bits per heavy atom. The van der Waals surface area contributed by atoms with Crippen molar-refractivity contribution < 1.29 is 0 Å². The first-order valence-electron chi connectivity index (χ1n) is 5.39. The first-order valence-corrected chi connectivity index (χ1v) is 6.79. The molecule has 0 spiro atoms. The van der Waals surface area contributed by atoms with E-state index in [1.807, 2.05) is 43.5 Å². The van der Waals surface area contributed by atoms with Crippen molar-refractivity contribution >= 4 is 17.6 Å². The summed E-state index contributed by atoms with van der Waals surface area (Å²) in [5.74, 6) is 2.15.